The fourth-order valence-corrected chi connectivity index (χ4v) is 2.18. The number of hydrogen-bond donors (Lipinski definition) is 1. The zero-order valence-corrected chi connectivity index (χ0v) is 10.7. The smallest absolute Gasteiger partial charge is 0.323 e. The van der Waals surface area contributed by atoms with E-state index >= 15 is 0 Å². The molecular formula is C12H23NO3. The van der Waals surface area contributed by atoms with E-state index in [9.17, 15) is 4.79 Å². The molecule has 3 atom stereocenters. The normalized spacial score (nSPS) is 32.1. The average molecular weight is 229 g/mol. The van der Waals surface area contributed by atoms with Gasteiger partial charge in [-0.15, -0.1) is 0 Å². The van der Waals surface area contributed by atoms with Gasteiger partial charge in [-0.3, -0.25) is 4.79 Å². The summed E-state index contributed by atoms with van der Waals surface area (Å²) in [5.41, 5.74) is 0. The fourth-order valence-electron chi connectivity index (χ4n) is 2.18. The predicted molar refractivity (Wildman–Crippen MR) is 62.3 cm³/mol. The summed E-state index contributed by atoms with van der Waals surface area (Å²) in [7, 11) is 1.78. The van der Waals surface area contributed by atoms with Crippen LogP contribution in [-0.4, -0.2) is 37.4 Å². The highest BCUT2D eigenvalue weighted by Crippen LogP contribution is 2.22. The standard InChI is InChI=1S/C12H23NO3/c1-5-11(13-4)12(14)16-10-6-8(2)15-9(3)7-10/h8-11,13H,5-7H2,1-4H3. The maximum atomic E-state index is 11.8. The van der Waals surface area contributed by atoms with Crippen molar-refractivity contribution < 1.29 is 14.3 Å². The number of esters is 1. The van der Waals surface area contributed by atoms with Gasteiger partial charge >= 0.3 is 5.97 Å². The van der Waals surface area contributed by atoms with Gasteiger partial charge in [-0.2, -0.15) is 0 Å². The first-order chi connectivity index (χ1) is 7.56. The van der Waals surface area contributed by atoms with E-state index in [0.29, 0.717) is 0 Å². The van der Waals surface area contributed by atoms with Crippen LogP contribution in [0, 0.1) is 0 Å². The third-order valence-corrected chi connectivity index (χ3v) is 2.98. The van der Waals surface area contributed by atoms with Crippen molar-refractivity contribution in [2.75, 3.05) is 7.05 Å². The first-order valence-electron chi connectivity index (χ1n) is 6.10. The second-order valence-corrected chi connectivity index (χ2v) is 4.54. The monoisotopic (exact) mass is 229 g/mol. The van der Waals surface area contributed by atoms with Gasteiger partial charge in [0.25, 0.3) is 0 Å². The van der Waals surface area contributed by atoms with E-state index < -0.39 is 0 Å². The summed E-state index contributed by atoms with van der Waals surface area (Å²) < 4.78 is 11.1. The molecule has 1 aliphatic heterocycles. The molecule has 0 aromatic heterocycles. The lowest BCUT2D eigenvalue weighted by molar-refractivity contribution is -0.162. The van der Waals surface area contributed by atoms with Gasteiger partial charge < -0.3 is 14.8 Å². The maximum Gasteiger partial charge on any atom is 0.323 e. The molecule has 0 saturated carbocycles. The first-order valence-corrected chi connectivity index (χ1v) is 6.10. The summed E-state index contributed by atoms with van der Waals surface area (Å²) in [5, 5.41) is 2.96. The van der Waals surface area contributed by atoms with Gasteiger partial charge in [-0.1, -0.05) is 6.92 Å². The van der Waals surface area contributed by atoms with Crippen LogP contribution in [0.25, 0.3) is 0 Å². The number of carbonyl (C=O) groups excluding carboxylic acids is 1. The molecule has 4 nitrogen and oxygen atoms in total. The van der Waals surface area contributed by atoms with E-state index in [1.807, 2.05) is 20.8 Å². The predicted octanol–water partition coefficient (Wildman–Crippen LogP) is 1.48. The Morgan fingerprint density at radius 3 is 2.44 bits per heavy atom. The third-order valence-electron chi connectivity index (χ3n) is 2.98. The van der Waals surface area contributed by atoms with E-state index in [1.165, 1.54) is 0 Å². The van der Waals surface area contributed by atoms with Crippen molar-refractivity contribution in [1.29, 1.82) is 0 Å². The molecular weight excluding hydrogens is 206 g/mol. The van der Waals surface area contributed by atoms with Crippen molar-refractivity contribution in [1.82, 2.24) is 5.32 Å². The van der Waals surface area contributed by atoms with Crippen LogP contribution in [-0.2, 0) is 14.3 Å². The molecule has 1 heterocycles. The fraction of sp³-hybridized carbons (Fsp3) is 0.917. The Labute approximate surface area is 97.7 Å². The molecule has 1 N–H and O–H groups in total. The minimum absolute atomic E-state index is 0.00801. The van der Waals surface area contributed by atoms with E-state index in [2.05, 4.69) is 5.32 Å². The highest BCUT2D eigenvalue weighted by molar-refractivity contribution is 5.75. The lowest BCUT2D eigenvalue weighted by Crippen LogP contribution is -2.41. The zero-order chi connectivity index (χ0) is 12.1. The largest absolute Gasteiger partial charge is 0.461 e. The first kappa shape index (κ1) is 13.5. The van der Waals surface area contributed by atoms with Crippen molar-refractivity contribution in [2.24, 2.45) is 0 Å². The molecule has 0 bridgehead atoms. The number of rotatable bonds is 4. The van der Waals surface area contributed by atoms with Gasteiger partial charge in [0.2, 0.25) is 0 Å². The summed E-state index contributed by atoms with van der Waals surface area (Å²) in [4.78, 5) is 11.8. The van der Waals surface area contributed by atoms with E-state index in [0.717, 1.165) is 19.3 Å². The second kappa shape index (κ2) is 6.21. The van der Waals surface area contributed by atoms with Crippen LogP contribution in [0.4, 0.5) is 0 Å². The van der Waals surface area contributed by atoms with Crippen LogP contribution in [0.2, 0.25) is 0 Å². The van der Waals surface area contributed by atoms with Gasteiger partial charge in [0.1, 0.15) is 12.1 Å². The van der Waals surface area contributed by atoms with Gasteiger partial charge in [0.15, 0.2) is 0 Å². The van der Waals surface area contributed by atoms with Crippen LogP contribution in [0.1, 0.15) is 40.0 Å². The minimum atomic E-state index is -0.187. The number of hydrogen-bond acceptors (Lipinski definition) is 4. The molecule has 16 heavy (non-hydrogen) atoms. The second-order valence-electron chi connectivity index (χ2n) is 4.54. The molecule has 0 aromatic carbocycles. The Bertz CT molecular complexity index is 218. The van der Waals surface area contributed by atoms with E-state index in [-0.39, 0.29) is 30.3 Å². The Kier molecular flexibility index (Phi) is 5.22. The highest BCUT2D eigenvalue weighted by Gasteiger charge is 2.28. The van der Waals surface area contributed by atoms with Gasteiger partial charge in [-0.05, 0) is 27.3 Å². The number of ether oxygens (including phenoxy) is 2. The summed E-state index contributed by atoms with van der Waals surface area (Å²) in [5.74, 6) is -0.142. The number of carbonyl (C=O) groups is 1. The molecule has 1 saturated heterocycles. The summed E-state index contributed by atoms with van der Waals surface area (Å²) in [6, 6.07) is -0.187. The van der Waals surface area contributed by atoms with Crippen LogP contribution in [0.15, 0.2) is 0 Å². The number of nitrogens with one attached hydrogen (secondary N) is 1. The Balaban J connectivity index is 2.43. The van der Waals surface area contributed by atoms with Crippen molar-refractivity contribution in [3.63, 3.8) is 0 Å². The van der Waals surface area contributed by atoms with Crippen molar-refractivity contribution in [2.45, 2.75) is 64.4 Å². The van der Waals surface area contributed by atoms with E-state index in [4.69, 9.17) is 9.47 Å². The van der Waals surface area contributed by atoms with Crippen LogP contribution < -0.4 is 5.32 Å². The van der Waals surface area contributed by atoms with Crippen LogP contribution in [0.5, 0.6) is 0 Å². The molecule has 1 rings (SSSR count). The zero-order valence-electron chi connectivity index (χ0n) is 10.7. The highest BCUT2D eigenvalue weighted by atomic mass is 16.6. The molecule has 0 aromatic rings. The molecule has 1 aliphatic rings. The van der Waals surface area contributed by atoms with Crippen molar-refractivity contribution >= 4 is 5.97 Å². The summed E-state index contributed by atoms with van der Waals surface area (Å²) in [6.45, 7) is 6.01. The van der Waals surface area contributed by atoms with Crippen molar-refractivity contribution in [3.8, 4) is 0 Å². The lowest BCUT2D eigenvalue weighted by Gasteiger charge is -2.32. The summed E-state index contributed by atoms with van der Waals surface area (Å²) in [6.07, 6.45) is 2.72. The topological polar surface area (TPSA) is 47.6 Å². The van der Waals surface area contributed by atoms with Gasteiger partial charge in [-0.25, -0.2) is 0 Å². The van der Waals surface area contributed by atoms with Crippen molar-refractivity contribution in [3.05, 3.63) is 0 Å². The molecule has 0 aliphatic carbocycles. The summed E-state index contributed by atoms with van der Waals surface area (Å²) >= 11 is 0. The molecule has 1 fully saturated rings. The van der Waals surface area contributed by atoms with Gasteiger partial charge in [0.05, 0.1) is 12.2 Å². The Hall–Kier alpha value is -0.610. The minimum Gasteiger partial charge on any atom is -0.461 e. The lowest BCUT2D eigenvalue weighted by atomic mass is 10.0. The molecule has 4 heteroatoms. The molecule has 3 unspecified atom stereocenters. The molecule has 0 radical (unpaired) electrons. The average Bonchev–Trinajstić information content (AvgIpc) is 2.17. The Morgan fingerprint density at radius 1 is 1.44 bits per heavy atom. The third kappa shape index (κ3) is 3.76. The maximum absolute atomic E-state index is 11.8. The molecule has 0 spiro atoms. The quantitative estimate of drug-likeness (QED) is 0.742. The molecule has 0 amide bonds. The van der Waals surface area contributed by atoms with Crippen LogP contribution >= 0.6 is 0 Å². The number of likely N-dealkylation sites (N-methyl/N-ethyl adjacent to an activating group) is 1. The van der Waals surface area contributed by atoms with E-state index in [1.54, 1.807) is 7.05 Å². The SMILES string of the molecule is CCC(NC)C(=O)OC1CC(C)OC(C)C1. The Morgan fingerprint density at radius 2 is 2.00 bits per heavy atom. The molecule has 94 valence electrons. The van der Waals surface area contributed by atoms with Crippen LogP contribution in [0.3, 0.4) is 0 Å². The van der Waals surface area contributed by atoms with Gasteiger partial charge in [0, 0.05) is 12.8 Å².